The van der Waals surface area contributed by atoms with Crippen LogP contribution in [-0.2, 0) is 4.79 Å². The Morgan fingerprint density at radius 1 is 1.21 bits per heavy atom. The summed E-state index contributed by atoms with van der Waals surface area (Å²) in [5, 5.41) is 6.71. The van der Waals surface area contributed by atoms with Crippen molar-refractivity contribution in [2.24, 2.45) is 0 Å². The van der Waals surface area contributed by atoms with Gasteiger partial charge in [0.2, 0.25) is 5.91 Å². The van der Waals surface area contributed by atoms with Gasteiger partial charge in [0, 0.05) is 36.6 Å². The number of aryl methyl sites for hydroxylation is 1. The molecule has 8 heteroatoms. The SMILES string of the molecule is Cc1cc([C@@H]2[C@H](c3ccccn3)NC(=S)N2CCC(=O)Nc2ccccc2F)c(C)n1C1CC1. The summed E-state index contributed by atoms with van der Waals surface area (Å²) in [5.74, 6) is -0.703. The fourth-order valence-electron chi connectivity index (χ4n) is 4.98. The molecule has 0 bridgehead atoms. The Bertz CT molecular complexity index is 1220. The molecule has 2 aromatic heterocycles. The number of pyridine rings is 1. The van der Waals surface area contributed by atoms with Crippen molar-refractivity contribution >= 4 is 28.9 Å². The number of hydrogen-bond donors (Lipinski definition) is 2. The van der Waals surface area contributed by atoms with Gasteiger partial charge in [0.15, 0.2) is 5.11 Å². The van der Waals surface area contributed by atoms with E-state index in [0.29, 0.717) is 17.7 Å². The van der Waals surface area contributed by atoms with Crippen LogP contribution in [0.15, 0.2) is 54.7 Å². The molecule has 34 heavy (non-hydrogen) atoms. The highest BCUT2D eigenvalue weighted by Gasteiger charge is 2.42. The van der Waals surface area contributed by atoms with Gasteiger partial charge in [-0.3, -0.25) is 9.78 Å². The molecule has 1 amide bonds. The molecule has 1 aromatic carbocycles. The minimum Gasteiger partial charge on any atom is -0.352 e. The number of rotatable bonds is 7. The first-order valence-corrected chi connectivity index (χ1v) is 12.1. The molecule has 2 fully saturated rings. The number of carbonyl (C=O) groups is 1. The zero-order valence-electron chi connectivity index (χ0n) is 19.3. The molecule has 2 N–H and O–H groups in total. The number of halogens is 1. The smallest absolute Gasteiger partial charge is 0.226 e. The van der Waals surface area contributed by atoms with E-state index < -0.39 is 5.82 Å². The Kier molecular flexibility index (Phi) is 6.08. The van der Waals surface area contributed by atoms with Crippen LogP contribution in [0.2, 0.25) is 0 Å². The largest absolute Gasteiger partial charge is 0.352 e. The normalized spacial score (nSPS) is 19.9. The molecule has 0 radical (unpaired) electrons. The summed E-state index contributed by atoms with van der Waals surface area (Å²) in [4.78, 5) is 19.3. The van der Waals surface area contributed by atoms with E-state index in [1.54, 1.807) is 24.4 Å². The molecule has 3 heterocycles. The Morgan fingerprint density at radius 3 is 2.68 bits per heavy atom. The summed E-state index contributed by atoms with van der Waals surface area (Å²) in [6.07, 6.45) is 4.39. The number of amides is 1. The summed E-state index contributed by atoms with van der Waals surface area (Å²) < 4.78 is 16.4. The summed E-state index contributed by atoms with van der Waals surface area (Å²) in [5.41, 5.74) is 4.76. The van der Waals surface area contributed by atoms with Crippen LogP contribution < -0.4 is 10.6 Å². The number of nitrogens with zero attached hydrogens (tertiary/aromatic N) is 3. The minimum atomic E-state index is -0.449. The zero-order valence-corrected chi connectivity index (χ0v) is 20.1. The van der Waals surface area contributed by atoms with E-state index in [1.807, 2.05) is 18.2 Å². The van der Waals surface area contributed by atoms with E-state index in [-0.39, 0.29) is 30.1 Å². The number of thiocarbonyl (C=S) groups is 1. The van der Waals surface area contributed by atoms with Crippen molar-refractivity contribution in [1.29, 1.82) is 0 Å². The van der Waals surface area contributed by atoms with Crippen LogP contribution >= 0.6 is 12.2 Å². The second-order valence-corrected chi connectivity index (χ2v) is 9.41. The van der Waals surface area contributed by atoms with Gasteiger partial charge in [-0.05, 0) is 74.8 Å². The second-order valence-electron chi connectivity index (χ2n) is 9.03. The molecule has 1 aliphatic heterocycles. The predicted molar refractivity (Wildman–Crippen MR) is 134 cm³/mol. The molecule has 1 saturated carbocycles. The van der Waals surface area contributed by atoms with Crippen molar-refractivity contribution in [3.63, 3.8) is 0 Å². The molecule has 2 aliphatic rings. The molecule has 3 aromatic rings. The van der Waals surface area contributed by atoms with Crippen molar-refractivity contribution in [3.8, 4) is 0 Å². The van der Waals surface area contributed by atoms with Crippen LogP contribution in [0, 0.1) is 19.7 Å². The van der Waals surface area contributed by atoms with Crippen LogP contribution in [0.4, 0.5) is 10.1 Å². The van der Waals surface area contributed by atoms with Gasteiger partial charge in [0.25, 0.3) is 0 Å². The Balaban J connectivity index is 1.42. The van der Waals surface area contributed by atoms with Crippen LogP contribution in [0.5, 0.6) is 0 Å². The fraction of sp³-hybridized carbons (Fsp3) is 0.346. The molecule has 0 unspecified atom stereocenters. The standard InChI is InChI=1S/C26H28FN5OS/c1-16-15-19(17(2)32(16)18-10-11-18)25-24(22-9-5-6-13-28-22)30-26(34)31(25)14-12-23(33)29-21-8-4-3-7-20(21)27/h3-9,13,15,18,24-25H,10-12,14H2,1-2H3,(H,29,33)(H,30,34)/t24-,25+/m0/s1. The van der Waals surface area contributed by atoms with Crippen LogP contribution in [0.3, 0.4) is 0 Å². The quantitative estimate of drug-likeness (QED) is 0.470. The van der Waals surface area contributed by atoms with E-state index in [1.165, 1.54) is 35.9 Å². The third-order valence-electron chi connectivity index (χ3n) is 6.68. The van der Waals surface area contributed by atoms with Gasteiger partial charge in [0.05, 0.1) is 23.5 Å². The van der Waals surface area contributed by atoms with Crippen LogP contribution in [0.1, 0.15) is 60.0 Å². The molecule has 176 valence electrons. The van der Waals surface area contributed by atoms with Crippen molar-refractivity contribution in [3.05, 3.63) is 83.2 Å². The maximum Gasteiger partial charge on any atom is 0.226 e. The highest BCUT2D eigenvalue weighted by atomic mass is 32.1. The van der Waals surface area contributed by atoms with Crippen molar-refractivity contribution in [1.82, 2.24) is 19.8 Å². The number of carbonyl (C=O) groups excluding carboxylic acids is 1. The maximum absolute atomic E-state index is 14.0. The monoisotopic (exact) mass is 477 g/mol. The topological polar surface area (TPSA) is 62.2 Å². The van der Waals surface area contributed by atoms with Gasteiger partial charge in [-0.25, -0.2) is 4.39 Å². The first kappa shape index (κ1) is 22.5. The van der Waals surface area contributed by atoms with Gasteiger partial charge in [-0.15, -0.1) is 0 Å². The predicted octanol–water partition coefficient (Wildman–Crippen LogP) is 4.98. The number of aromatic nitrogens is 2. The lowest BCUT2D eigenvalue weighted by Gasteiger charge is -2.28. The first-order valence-electron chi connectivity index (χ1n) is 11.6. The molecule has 2 atom stereocenters. The van der Waals surface area contributed by atoms with Gasteiger partial charge >= 0.3 is 0 Å². The van der Waals surface area contributed by atoms with Gasteiger partial charge in [-0.1, -0.05) is 18.2 Å². The van der Waals surface area contributed by atoms with Crippen molar-refractivity contribution < 1.29 is 9.18 Å². The Labute approximate surface area is 204 Å². The number of nitrogens with one attached hydrogen (secondary N) is 2. The molecule has 6 nitrogen and oxygen atoms in total. The highest BCUT2D eigenvalue weighted by molar-refractivity contribution is 7.80. The summed E-state index contributed by atoms with van der Waals surface area (Å²) in [7, 11) is 0. The van der Waals surface area contributed by atoms with E-state index in [4.69, 9.17) is 12.2 Å². The highest BCUT2D eigenvalue weighted by Crippen LogP contribution is 2.44. The molecule has 0 spiro atoms. The summed E-state index contributed by atoms with van der Waals surface area (Å²) in [6, 6.07) is 14.7. The van der Waals surface area contributed by atoms with Crippen molar-refractivity contribution in [2.45, 2.75) is 51.2 Å². The molecular weight excluding hydrogens is 449 g/mol. The lowest BCUT2D eigenvalue weighted by molar-refractivity contribution is -0.116. The van der Waals surface area contributed by atoms with Gasteiger partial charge < -0.3 is 20.1 Å². The van der Waals surface area contributed by atoms with Crippen LogP contribution in [-0.4, -0.2) is 32.0 Å². The Morgan fingerprint density at radius 2 is 1.97 bits per heavy atom. The van der Waals surface area contributed by atoms with E-state index in [9.17, 15) is 9.18 Å². The summed E-state index contributed by atoms with van der Waals surface area (Å²) >= 11 is 5.73. The molecule has 1 saturated heterocycles. The lowest BCUT2D eigenvalue weighted by Crippen LogP contribution is -2.33. The average molecular weight is 478 g/mol. The minimum absolute atomic E-state index is 0.0950. The number of benzene rings is 1. The average Bonchev–Trinajstić information content (AvgIpc) is 3.54. The van der Waals surface area contributed by atoms with E-state index in [0.717, 1.165) is 5.69 Å². The third kappa shape index (κ3) is 4.30. The Hall–Kier alpha value is -3.26. The second kappa shape index (κ2) is 9.18. The fourth-order valence-corrected chi connectivity index (χ4v) is 5.31. The number of para-hydroxylation sites is 1. The number of hydrogen-bond acceptors (Lipinski definition) is 3. The maximum atomic E-state index is 14.0. The van der Waals surface area contributed by atoms with Crippen LogP contribution in [0.25, 0.3) is 0 Å². The molecule has 5 rings (SSSR count). The van der Waals surface area contributed by atoms with E-state index >= 15 is 0 Å². The third-order valence-corrected chi connectivity index (χ3v) is 7.03. The van der Waals surface area contributed by atoms with Gasteiger partial charge in [-0.2, -0.15) is 0 Å². The van der Waals surface area contributed by atoms with E-state index in [2.05, 4.69) is 45.0 Å². The molecular formula is C26H28FN5OS. The lowest BCUT2D eigenvalue weighted by atomic mass is 9.96. The van der Waals surface area contributed by atoms with Crippen molar-refractivity contribution in [2.75, 3.05) is 11.9 Å². The summed E-state index contributed by atoms with van der Waals surface area (Å²) in [6.45, 7) is 4.73. The molecule has 1 aliphatic carbocycles. The number of anilines is 1. The zero-order chi connectivity index (χ0) is 23.8. The van der Waals surface area contributed by atoms with Gasteiger partial charge in [0.1, 0.15) is 5.82 Å². The first-order chi connectivity index (χ1) is 16.4.